The molecular weight excluding hydrogens is 364 g/mol. The number of aliphatic hydroxyl groups is 3. The lowest BCUT2D eigenvalue weighted by atomic mass is 9.97. The van der Waals surface area contributed by atoms with Gasteiger partial charge in [0.2, 0.25) is 17.7 Å². The maximum Gasteiger partial charge on any atom is 0.245 e. The molecule has 8 N–H and O–H groups in total. The van der Waals surface area contributed by atoms with Crippen molar-refractivity contribution in [1.29, 1.82) is 0 Å². The second-order valence-corrected chi connectivity index (χ2v) is 6.10. The molecule has 1 fully saturated rings. The Hall–Kier alpha value is -1.83. The van der Waals surface area contributed by atoms with Crippen LogP contribution in [0.3, 0.4) is 0 Å². The number of amides is 3. The number of hydrogen-bond acceptors (Lipinski definition) is 9. The van der Waals surface area contributed by atoms with E-state index in [1.54, 1.807) is 0 Å². The first-order valence-corrected chi connectivity index (χ1v) is 8.47. The Labute approximate surface area is 156 Å². The van der Waals surface area contributed by atoms with Crippen molar-refractivity contribution in [3.05, 3.63) is 0 Å². The third kappa shape index (κ3) is 7.01. The smallest absolute Gasteiger partial charge is 0.245 e. The van der Waals surface area contributed by atoms with Gasteiger partial charge in [0.15, 0.2) is 6.29 Å². The van der Waals surface area contributed by atoms with Gasteiger partial charge in [-0.2, -0.15) is 0 Å². The van der Waals surface area contributed by atoms with E-state index in [0.717, 1.165) is 0 Å². The average Bonchev–Trinajstić information content (AvgIpc) is 2.61. The van der Waals surface area contributed by atoms with E-state index in [4.69, 9.17) is 15.2 Å². The zero-order chi connectivity index (χ0) is 20.6. The SMILES string of the molecule is CC(=O)N[C@H]1[C@@H](OC[C@H](NC(C)=O)C(=O)NCCN)O[C@H](CO)[C@H](O)[C@@H]1O. The molecule has 27 heavy (non-hydrogen) atoms. The van der Waals surface area contributed by atoms with Crippen LogP contribution in [-0.2, 0) is 23.9 Å². The van der Waals surface area contributed by atoms with Crippen molar-refractivity contribution in [3.63, 3.8) is 0 Å². The molecule has 6 atom stereocenters. The molecule has 1 aliphatic rings. The summed E-state index contributed by atoms with van der Waals surface area (Å²) in [6.07, 6.45) is -5.36. The number of hydrogen-bond donors (Lipinski definition) is 7. The number of nitrogens with one attached hydrogen (secondary N) is 3. The molecule has 1 rings (SSSR count). The monoisotopic (exact) mass is 392 g/mol. The molecule has 0 radical (unpaired) electrons. The van der Waals surface area contributed by atoms with Crippen LogP contribution < -0.4 is 21.7 Å². The quantitative estimate of drug-likeness (QED) is 0.203. The topological polar surface area (TPSA) is 192 Å². The molecule has 0 unspecified atom stereocenters. The van der Waals surface area contributed by atoms with Crippen molar-refractivity contribution in [2.45, 2.75) is 50.5 Å². The molecule has 3 amide bonds. The van der Waals surface area contributed by atoms with E-state index in [-0.39, 0.29) is 19.7 Å². The number of rotatable bonds is 9. The molecule has 0 spiro atoms. The van der Waals surface area contributed by atoms with Gasteiger partial charge < -0.3 is 46.5 Å². The first kappa shape index (κ1) is 23.2. The van der Waals surface area contributed by atoms with Gasteiger partial charge in [-0.15, -0.1) is 0 Å². The Morgan fingerprint density at radius 2 is 1.85 bits per heavy atom. The number of carbonyl (C=O) groups excluding carboxylic acids is 3. The number of carbonyl (C=O) groups is 3. The van der Waals surface area contributed by atoms with Gasteiger partial charge in [0, 0.05) is 26.9 Å². The lowest BCUT2D eigenvalue weighted by Gasteiger charge is -2.42. The van der Waals surface area contributed by atoms with Gasteiger partial charge in [-0.3, -0.25) is 14.4 Å². The van der Waals surface area contributed by atoms with E-state index in [2.05, 4.69) is 16.0 Å². The minimum Gasteiger partial charge on any atom is -0.394 e. The summed E-state index contributed by atoms with van der Waals surface area (Å²) in [6, 6.07) is -2.22. The van der Waals surface area contributed by atoms with Crippen LogP contribution in [0.4, 0.5) is 0 Å². The van der Waals surface area contributed by atoms with Crippen LogP contribution in [-0.4, -0.2) is 96.0 Å². The highest BCUT2D eigenvalue weighted by Crippen LogP contribution is 2.22. The second kappa shape index (κ2) is 11.1. The molecule has 1 heterocycles. The zero-order valence-corrected chi connectivity index (χ0v) is 15.3. The first-order chi connectivity index (χ1) is 12.7. The van der Waals surface area contributed by atoms with Crippen LogP contribution in [0.5, 0.6) is 0 Å². The molecule has 12 heteroatoms. The van der Waals surface area contributed by atoms with Crippen LogP contribution in [0.15, 0.2) is 0 Å². The fourth-order valence-electron chi connectivity index (χ4n) is 2.55. The fourth-order valence-corrected chi connectivity index (χ4v) is 2.55. The molecule has 0 aromatic carbocycles. The largest absolute Gasteiger partial charge is 0.394 e. The second-order valence-electron chi connectivity index (χ2n) is 6.10. The molecule has 0 aromatic heterocycles. The van der Waals surface area contributed by atoms with Gasteiger partial charge in [0.05, 0.1) is 13.2 Å². The summed E-state index contributed by atoms with van der Waals surface area (Å²) in [5, 5.41) is 36.7. The summed E-state index contributed by atoms with van der Waals surface area (Å²) in [4.78, 5) is 34.8. The summed E-state index contributed by atoms with van der Waals surface area (Å²) in [5.74, 6) is -1.52. The highest BCUT2D eigenvalue weighted by atomic mass is 16.7. The van der Waals surface area contributed by atoms with Crippen molar-refractivity contribution in [1.82, 2.24) is 16.0 Å². The first-order valence-electron chi connectivity index (χ1n) is 8.47. The van der Waals surface area contributed by atoms with E-state index in [9.17, 15) is 29.7 Å². The summed E-state index contributed by atoms with van der Waals surface area (Å²) < 4.78 is 10.9. The standard InChI is InChI=1S/C15H28N4O8/c1-7(21)18-9(14(25)17-4-3-16)6-26-15-11(19-8(2)22)13(24)12(23)10(5-20)27-15/h9-13,15,20,23-24H,3-6,16H2,1-2H3,(H,17,25)(H,18,21)(H,19,22)/t9-,10+,11+,12-,13+,15-/m0/s1. The van der Waals surface area contributed by atoms with Crippen molar-refractivity contribution in [2.75, 3.05) is 26.3 Å². The van der Waals surface area contributed by atoms with Gasteiger partial charge in [0.1, 0.15) is 30.4 Å². The van der Waals surface area contributed by atoms with Crippen LogP contribution in [0.1, 0.15) is 13.8 Å². The van der Waals surface area contributed by atoms with E-state index in [1.165, 1.54) is 13.8 Å². The van der Waals surface area contributed by atoms with E-state index in [0.29, 0.717) is 0 Å². The Kier molecular flexibility index (Phi) is 9.55. The lowest BCUT2D eigenvalue weighted by molar-refractivity contribution is -0.270. The minimum absolute atomic E-state index is 0.195. The average molecular weight is 392 g/mol. The molecule has 156 valence electrons. The molecule has 0 aromatic rings. The van der Waals surface area contributed by atoms with Crippen LogP contribution >= 0.6 is 0 Å². The van der Waals surface area contributed by atoms with Crippen molar-refractivity contribution < 1.29 is 39.2 Å². The van der Waals surface area contributed by atoms with Crippen molar-refractivity contribution >= 4 is 17.7 Å². The molecule has 1 saturated heterocycles. The number of aliphatic hydroxyl groups excluding tert-OH is 3. The highest BCUT2D eigenvalue weighted by Gasteiger charge is 2.45. The predicted molar refractivity (Wildman–Crippen MR) is 91.0 cm³/mol. The Morgan fingerprint density at radius 1 is 1.19 bits per heavy atom. The van der Waals surface area contributed by atoms with Crippen LogP contribution in [0.25, 0.3) is 0 Å². The summed E-state index contributed by atoms with van der Waals surface area (Å²) >= 11 is 0. The van der Waals surface area contributed by atoms with Gasteiger partial charge >= 0.3 is 0 Å². The third-order valence-corrected chi connectivity index (χ3v) is 3.82. The normalized spacial score (nSPS) is 28.9. The van der Waals surface area contributed by atoms with E-state index in [1.807, 2.05) is 0 Å². The summed E-state index contributed by atoms with van der Waals surface area (Å²) in [5.41, 5.74) is 5.32. The van der Waals surface area contributed by atoms with Crippen molar-refractivity contribution in [3.8, 4) is 0 Å². The Balaban J connectivity index is 2.85. The highest BCUT2D eigenvalue weighted by molar-refractivity contribution is 5.86. The van der Waals surface area contributed by atoms with Gasteiger partial charge in [0.25, 0.3) is 0 Å². The van der Waals surface area contributed by atoms with E-state index >= 15 is 0 Å². The molecule has 0 bridgehead atoms. The van der Waals surface area contributed by atoms with E-state index < -0.39 is 61.0 Å². The maximum absolute atomic E-state index is 12.1. The molecule has 0 aliphatic carbocycles. The molecular formula is C15H28N4O8. The summed E-state index contributed by atoms with van der Waals surface area (Å²) in [7, 11) is 0. The zero-order valence-electron chi connectivity index (χ0n) is 15.3. The van der Waals surface area contributed by atoms with Crippen LogP contribution in [0, 0.1) is 0 Å². The number of nitrogens with two attached hydrogens (primary N) is 1. The maximum atomic E-state index is 12.1. The molecule has 1 aliphatic heterocycles. The summed E-state index contributed by atoms with van der Waals surface area (Å²) in [6.45, 7) is 1.88. The lowest BCUT2D eigenvalue weighted by Crippen LogP contribution is -2.65. The Morgan fingerprint density at radius 3 is 2.37 bits per heavy atom. The Bertz CT molecular complexity index is 520. The van der Waals surface area contributed by atoms with Gasteiger partial charge in [-0.1, -0.05) is 0 Å². The fraction of sp³-hybridized carbons (Fsp3) is 0.800. The molecule has 0 saturated carbocycles. The van der Waals surface area contributed by atoms with Crippen molar-refractivity contribution in [2.24, 2.45) is 5.73 Å². The minimum atomic E-state index is -1.48. The van der Waals surface area contributed by atoms with Gasteiger partial charge in [-0.25, -0.2) is 0 Å². The van der Waals surface area contributed by atoms with Crippen LogP contribution in [0.2, 0.25) is 0 Å². The predicted octanol–water partition coefficient (Wildman–Crippen LogP) is -4.47. The number of ether oxygens (including phenoxy) is 2. The third-order valence-electron chi connectivity index (χ3n) is 3.82. The van der Waals surface area contributed by atoms with Gasteiger partial charge in [-0.05, 0) is 0 Å². The molecule has 12 nitrogen and oxygen atoms in total.